The lowest BCUT2D eigenvalue weighted by Gasteiger charge is -2.36. The number of hydrogen-bond acceptors (Lipinski definition) is 2. The second-order valence-corrected chi connectivity index (χ2v) is 8.64. The predicted octanol–water partition coefficient (Wildman–Crippen LogP) is 5.38. The maximum atomic E-state index is 6.09. The molecule has 0 amide bonds. The van der Waals surface area contributed by atoms with Gasteiger partial charge in [-0.3, -0.25) is 0 Å². The molecule has 5 heteroatoms. The monoisotopic (exact) mass is 391 g/mol. The molecule has 2 aliphatic rings. The fraction of sp³-hybridized carbons (Fsp3) is 0.571. The van der Waals surface area contributed by atoms with Crippen LogP contribution in [0.3, 0.4) is 0 Å². The van der Waals surface area contributed by atoms with Crippen molar-refractivity contribution in [2.45, 2.75) is 51.0 Å². The number of aryl methyl sites for hydroxylation is 1. The molecule has 2 heterocycles. The van der Waals surface area contributed by atoms with Crippen molar-refractivity contribution in [1.82, 2.24) is 14.9 Å². The van der Waals surface area contributed by atoms with Crippen LogP contribution in [0.1, 0.15) is 43.4 Å². The van der Waals surface area contributed by atoms with Crippen LogP contribution in [0.15, 0.2) is 30.3 Å². The first-order chi connectivity index (χ1) is 12.7. The summed E-state index contributed by atoms with van der Waals surface area (Å²) in [6, 6.07) is 11.8. The number of benzene rings is 1. The van der Waals surface area contributed by atoms with Crippen LogP contribution in [0.5, 0.6) is 0 Å². The zero-order valence-electron chi connectivity index (χ0n) is 15.1. The number of aromatic amines is 1. The summed E-state index contributed by atoms with van der Waals surface area (Å²) in [6.07, 6.45) is 8.78. The second-order valence-electron chi connectivity index (χ2n) is 7.92. The van der Waals surface area contributed by atoms with E-state index in [1.165, 1.54) is 44.2 Å². The van der Waals surface area contributed by atoms with Gasteiger partial charge in [-0.05, 0) is 87.0 Å². The van der Waals surface area contributed by atoms with Gasteiger partial charge in [0.15, 0.2) is 5.15 Å². The van der Waals surface area contributed by atoms with Gasteiger partial charge >= 0.3 is 0 Å². The van der Waals surface area contributed by atoms with Crippen molar-refractivity contribution >= 4 is 23.2 Å². The molecule has 0 radical (unpaired) electrons. The minimum Gasteiger partial charge on any atom is -0.331 e. The van der Waals surface area contributed by atoms with Gasteiger partial charge in [-0.25, -0.2) is 4.98 Å². The van der Waals surface area contributed by atoms with Crippen LogP contribution in [0.4, 0.5) is 0 Å². The van der Waals surface area contributed by atoms with E-state index in [0.29, 0.717) is 10.4 Å². The van der Waals surface area contributed by atoms with E-state index >= 15 is 0 Å². The predicted molar refractivity (Wildman–Crippen MR) is 108 cm³/mol. The first-order valence-electron chi connectivity index (χ1n) is 9.87. The number of hydrogen-bond donors (Lipinski definition) is 1. The molecule has 3 atom stereocenters. The summed E-state index contributed by atoms with van der Waals surface area (Å²) >= 11 is 12.0. The number of H-pyrrole nitrogens is 1. The molecule has 1 aromatic heterocycles. The first-order valence-corrected chi connectivity index (χ1v) is 10.6. The van der Waals surface area contributed by atoms with Crippen LogP contribution in [0, 0.1) is 11.8 Å². The highest BCUT2D eigenvalue weighted by Crippen LogP contribution is 2.40. The average Bonchev–Trinajstić information content (AvgIpc) is 3.18. The van der Waals surface area contributed by atoms with E-state index in [1.54, 1.807) is 0 Å². The Hall–Kier alpha value is -1.03. The first kappa shape index (κ1) is 18.3. The molecule has 0 bridgehead atoms. The Morgan fingerprint density at radius 2 is 1.96 bits per heavy atom. The minimum atomic E-state index is 0.392. The number of halogens is 2. The topological polar surface area (TPSA) is 31.9 Å². The summed E-state index contributed by atoms with van der Waals surface area (Å²) in [5, 5.41) is 0.915. The Labute approximate surface area is 166 Å². The van der Waals surface area contributed by atoms with E-state index in [1.807, 2.05) is 0 Å². The highest BCUT2D eigenvalue weighted by atomic mass is 35.5. The van der Waals surface area contributed by atoms with Crippen LogP contribution in [0.2, 0.25) is 10.4 Å². The van der Waals surface area contributed by atoms with Crippen molar-refractivity contribution in [2.75, 3.05) is 13.1 Å². The molecule has 1 saturated carbocycles. The van der Waals surface area contributed by atoms with E-state index < -0.39 is 0 Å². The Morgan fingerprint density at radius 1 is 1.12 bits per heavy atom. The quantitative estimate of drug-likeness (QED) is 0.716. The molecule has 0 spiro atoms. The highest BCUT2D eigenvalue weighted by Gasteiger charge is 2.38. The molecule has 140 valence electrons. The van der Waals surface area contributed by atoms with Crippen LogP contribution in [-0.4, -0.2) is 34.0 Å². The average molecular weight is 392 g/mol. The van der Waals surface area contributed by atoms with Crippen molar-refractivity contribution in [3.8, 4) is 0 Å². The van der Waals surface area contributed by atoms with Crippen molar-refractivity contribution in [1.29, 1.82) is 0 Å². The van der Waals surface area contributed by atoms with Crippen LogP contribution < -0.4 is 0 Å². The number of imidazole rings is 1. The van der Waals surface area contributed by atoms with E-state index in [4.69, 9.17) is 23.2 Å². The van der Waals surface area contributed by atoms with Gasteiger partial charge < -0.3 is 9.88 Å². The Morgan fingerprint density at radius 3 is 2.73 bits per heavy atom. The summed E-state index contributed by atoms with van der Waals surface area (Å²) in [4.78, 5) is 9.81. The molecular weight excluding hydrogens is 365 g/mol. The molecule has 2 aromatic rings. The standard InChI is InChI=1S/C21H27Cl2N3/c22-20-18(24-21(23)25-20)7-4-11-26-12-10-17-14-16(8-9-19(17)26)13-15-5-2-1-3-6-15/h1-3,5-6,16-17,19H,4,7-14H2,(H,24,25)/t16-,17+,19-/m0/s1. The Bertz CT molecular complexity index is 715. The van der Waals surface area contributed by atoms with Crippen LogP contribution in [0.25, 0.3) is 0 Å². The minimum absolute atomic E-state index is 0.392. The summed E-state index contributed by atoms with van der Waals surface area (Å²) in [5.74, 6) is 1.76. The zero-order valence-corrected chi connectivity index (χ0v) is 16.6. The van der Waals surface area contributed by atoms with Crippen molar-refractivity contribution in [3.05, 3.63) is 52.0 Å². The smallest absolute Gasteiger partial charge is 0.201 e. The largest absolute Gasteiger partial charge is 0.331 e. The molecule has 1 aliphatic carbocycles. The summed E-state index contributed by atoms with van der Waals surface area (Å²) < 4.78 is 0. The van der Waals surface area contributed by atoms with E-state index in [2.05, 4.69) is 45.2 Å². The highest BCUT2D eigenvalue weighted by molar-refractivity contribution is 6.32. The van der Waals surface area contributed by atoms with Gasteiger partial charge in [0.25, 0.3) is 0 Å². The number of likely N-dealkylation sites (tertiary alicyclic amines) is 1. The molecule has 1 saturated heterocycles. The normalized spacial score (nSPS) is 26.2. The molecule has 2 fully saturated rings. The lowest BCUT2D eigenvalue weighted by atomic mass is 9.76. The molecule has 26 heavy (non-hydrogen) atoms. The molecule has 4 rings (SSSR count). The second kappa shape index (κ2) is 8.33. The zero-order chi connectivity index (χ0) is 17.9. The van der Waals surface area contributed by atoms with Crippen LogP contribution in [-0.2, 0) is 12.8 Å². The Balaban J connectivity index is 1.25. The van der Waals surface area contributed by atoms with Gasteiger partial charge in [0.05, 0.1) is 5.69 Å². The summed E-state index contributed by atoms with van der Waals surface area (Å²) in [7, 11) is 0. The summed E-state index contributed by atoms with van der Waals surface area (Å²) in [6.45, 7) is 2.41. The molecule has 1 N–H and O–H groups in total. The van der Waals surface area contributed by atoms with Crippen molar-refractivity contribution < 1.29 is 0 Å². The molecule has 1 aliphatic heterocycles. The number of fused-ring (bicyclic) bond motifs is 1. The van der Waals surface area contributed by atoms with E-state index in [9.17, 15) is 0 Å². The third-order valence-corrected chi connectivity index (χ3v) is 6.74. The fourth-order valence-corrected chi connectivity index (χ4v) is 5.49. The number of aromatic nitrogens is 2. The lowest BCUT2D eigenvalue weighted by molar-refractivity contribution is 0.150. The lowest BCUT2D eigenvalue weighted by Crippen LogP contribution is -2.37. The SMILES string of the molecule is Clc1nc(Cl)c(CCCN2CC[C@@H]3C[C@H](Cc4ccccc4)CC[C@@H]32)[nH]1. The number of nitrogens with zero attached hydrogens (tertiary/aromatic N) is 2. The van der Waals surface area contributed by atoms with E-state index in [0.717, 1.165) is 43.0 Å². The molecule has 0 unspecified atom stereocenters. The maximum absolute atomic E-state index is 6.09. The molecular formula is C21H27Cl2N3. The van der Waals surface area contributed by atoms with Gasteiger partial charge in [-0.1, -0.05) is 41.9 Å². The Kier molecular flexibility index (Phi) is 5.87. The van der Waals surface area contributed by atoms with Crippen LogP contribution >= 0.6 is 23.2 Å². The fourth-order valence-electron chi connectivity index (χ4n) is 5.03. The molecule has 1 aromatic carbocycles. The van der Waals surface area contributed by atoms with Gasteiger partial charge in [0.2, 0.25) is 5.28 Å². The van der Waals surface area contributed by atoms with Crippen molar-refractivity contribution in [3.63, 3.8) is 0 Å². The third kappa shape index (κ3) is 4.27. The third-order valence-electron chi connectivity index (χ3n) is 6.25. The van der Waals surface area contributed by atoms with Gasteiger partial charge in [0, 0.05) is 6.04 Å². The van der Waals surface area contributed by atoms with Gasteiger partial charge in [-0.15, -0.1) is 0 Å². The van der Waals surface area contributed by atoms with Crippen molar-refractivity contribution in [2.24, 2.45) is 11.8 Å². The summed E-state index contributed by atoms with van der Waals surface area (Å²) in [5.41, 5.74) is 2.47. The maximum Gasteiger partial charge on any atom is 0.201 e. The molecule has 3 nitrogen and oxygen atoms in total. The van der Waals surface area contributed by atoms with Gasteiger partial charge in [0.1, 0.15) is 0 Å². The number of rotatable bonds is 6. The van der Waals surface area contributed by atoms with Gasteiger partial charge in [-0.2, -0.15) is 0 Å². The number of nitrogens with one attached hydrogen (secondary N) is 1. The van der Waals surface area contributed by atoms with E-state index in [-0.39, 0.29) is 0 Å².